The minimum Gasteiger partial charge on any atom is -0.464 e. The van der Waals surface area contributed by atoms with Crippen molar-refractivity contribution in [2.24, 2.45) is 0 Å². The Morgan fingerprint density at radius 2 is 2.14 bits per heavy atom. The molecule has 0 bridgehead atoms. The molecule has 1 fully saturated rings. The number of hydrogen-bond acceptors (Lipinski definition) is 8. The van der Waals surface area contributed by atoms with Crippen LogP contribution in [-0.4, -0.2) is 59.2 Å². The number of rotatable bonds is 5. The molecule has 0 spiro atoms. The number of thioether (sulfide) groups is 1. The molecular formula is C11H17ClN4O3S2. The zero-order valence-electron chi connectivity index (χ0n) is 11.8. The molecule has 0 amide bonds. The molecule has 2 rings (SSSR count). The van der Waals surface area contributed by atoms with Gasteiger partial charge in [-0.2, -0.15) is 26.7 Å². The fourth-order valence-electron chi connectivity index (χ4n) is 1.94. The van der Waals surface area contributed by atoms with Crippen molar-refractivity contribution in [3.8, 4) is 6.01 Å². The van der Waals surface area contributed by atoms with Gasteiger partial charge in [-0.1, -0.05) is 6.92 Å². The summed E-state index contributed by atoms with van der Waals surface area (Å²) in [6, 6.07) is 0.110. The van der Waals surface area contributed by atoms with Crippen molar-refractivity contribution < 1.29 is 13.2 Å². The van der Waals surface area contributed by atoms with E-state index in [2.05, 4.69) is 15.0 Å². The molecule has 1 unspecified atom stereocenters. The second kappa shape index (κ2) is 6.97. The molecule has 10 heteroatoms. The molecule has 118 valence electrons. The highest BCUT2D eigenvalue weighted by atomic mass is 35.5. The van der Waals surface area contributed by atoms with Crippen LogP contribution in [0.1, 0.15) is 13.8 Å². The lowest BCUT2D eigenvalue weighted by molar-refractivity contribution is 0.311. The van der Waals surface area contributed by atoms with Gasteiger partial charge in [0.05, 0.1) is 6.61 Å². The minimum atomic E-state index is -3.24. The maximum atomic E-state index is 12.2. The largest absolute Gasteiger partial charge is 0.464 e. The highest BCUT2D eigenvalue weighted by molar-refractivity contribution is 8.01. The van der Waals surface area contributed by atoms with Crippen LogP contribution in [0.25, 0.3) is 0 Å². The van der Waals surface area contributed by atoms with Crippen LogP contribution >= 0.6 is 23.4 Å². The molecule has 0 radical (unpaired) electrons. The summed E-state index contributed by atoms with van der Waals surface area (Å²) in [6.07, 6.45) is 0. The van der Waals surface area contributed by atoms with E-state index in [1.807, 2.05) is 0 Å². The smallest absolute Gasteiger partial charge is 0.322 e. The average Bonchev–Trinajstić information content (AvgIpc) is 2.47. The van der Waals surface area contributed by atoms with Gasteiger partial charge < -0.3 is 9.64 Å². The van der Waals surface area contributed by atoms with Crippen molar-refractivity contribution in [2.45, 2.75) is 19.2 Å². The van der Waals surface area contributed by atoms with E-state index in [1.54, 1.807) is 30.5 Å². The number of sulfone groups is 1. The molecular weight excluding hydrogens is 336 g/mol. The van der Waals surface area contributed by atoms with E-state index in [9.17, 15) is 8.42 Å². The Morgan fingerprint density at radius 1 is 1.38 bits per heavy atom. The first-order chi connectivity index (χ1) is 9.97. The Kier molecular flexibility index (Phi) is 5.50. The van der Waals surface area contributed by atoms with Gasteiger partial charge in [0.2, 0.25) is 11.2 Å². The van der Waals surface area contributed by atoms with Crippen molar-refractivity contribution in [1.29, 1.82) is 0 Å². The Bertz CT molecular complexity index is 599. The van der Waals surface area contributed by atoms with E-state index in [0.29, 0.717) is 18.9 Å². The van der Waals surface area contributed by atoms with Gasteiger partial charge in [0.1, 0.15) is 5.37 Å². The molecule has 1 aliphatic rings. The van der Waals surface area contributed by atoms with Crippen LogP contribution in [0.3, 0.4) is 0 Å². The lowest BCUT2D eigenvalue weighted by Gasteiger charge is -2.34. The predicted octanol–water partition coefficient (Wildman–Crippen LogP) is 1.24. The quantitative estimate of drug-likeness (QED) is 0.782. The summed E-state index contributed by atoms with van der Waals surface area (Å²) >= 11 is 7.48. The third-order valence-corrected chi connectivity index (χ3v) is 6.47. The summed E-state index contributed by atoms with van der Waals surface area (Å²) in [5.41, 5.74) is 0. The van der Waals surface area contributed by atoms with Crippen LogP contribution in [0.4, 0.5) is 5.95 Å². The summed E-state index contributed by atoms with van der Waals surface area (Å²) < 4.78 is 29.7. The summed E-state index contributed by atoms with van der Waals surface area (Å²) in [7, 11) is -3.24. The van der Waals surface area contributed by atoms with E-state index in [-0.39, 0.29) is 23.0 Å². The van der Waals surface area contributed by atoms with Crippen molar-refractivity contribution in [3.05, 3.63) is 5.28 Å². The number of anilines is 1. The van der Waals surface area contributed by atoms with Crippen molar-refractivity contribution in [1.82, 2.24) is 15.0 Å². The molecule has 0 aromatic carbocycles. The Morgan fingerprint density at radius 3 is 2.81 bits per heavy atom. The van der Waals surface area contributed by atoms with Gasteiger partial charge >= 0.3 is 6.01 Å². The average molecular weight is 353 g/mol. The Hall–Kier alpha value is -0.800. The van der Waals surface area contributed by atoms with Crippen LogP contribution in [0.15, 0.2) is 0 Å². The van der Waals surface area contributed by atoms with Gasteiger partial charge in [-0.05, 0) is 18.5 Å². The lowest BCUT2D eigenvalue weighted by Crippen LogP contribution is -2.48. The highest BCUT2D eigenvalue weighted by Gasteiger charge is 2.34. The first kappa shape index (κ1) is 16.6. The van der Waals surface area contributed by atoms with E-state index in [0.717, 1.165) is 5.75 Å². The van der Waals surface area contributed by atoms with Crippen LogP contribution in [0.2, 0.25) is 5.28 Å². The molecule has 1 aromatic rings. The second-order valence-electron chi connectivity index (χ2n) is 4.29. The Labute approximate surface area is 133 Å². The summed E-state index contributed by atoms with van der Waals surface area (Å²) in [5.74, 6) is 1.62. The van der Waals surface area contributed by atoms with Crippen molar-refractivity contribution in [2.75, 3.05) is 35.3 Å². The van der Waals surface area contributed by atoms with Crippen molar-refractivity contribution in [3.63, 3.8) is 0 Å². The maximum Gasteiger partial charge on any atom is 0.322 e. The minimum absolute atomic E-state index is 0.00526. The van der Waals surface area contributed by atoms with Gasteiger partial charge in [0.25, 0.3) is 0 Å². The highest BCUT2D eigenvalue weighted by Crippen LogP contribution is 2.26. The molecule has 1 aliphatic heterocycles. The molecule has 21 heavy (non-hydrogen) atoms. The summed E-state index contributed by atoms with van der Waals surface area (Å²) in [6.45, 7) is 4.38. The third kappa shape index (κ3) is 3.89. The normalized spacial score (nSPS) is 19.6. The molecule has 2 heterocycles. The number of nitrogens with zero attached hydrogens (tertiary/aromatic N) is 4. The molecule has 0 N–H and O–H groups in total. The monoisotopic (exact) mass is 352 g/mol. The molecule has 1 atom stereocenters. The molecule has 1 saturated heterocycles. The van der Waals surface area contributed by atoms with Crippen LogP contribution in [0, 0.1) is 0 Å². The molecule has 7 nitrogen and oxygen atoms in total. The maximum absolute atomic E-state index is 12.2. The number of ether oxygens (including phenoxy) is 1. The zero-order chi connectivity index (χ0) is 15.5. The topological polar surface area (TPSA) is 85.3 Å². The van der Waals surface area contributed by atoms with Gasteiger partial charge in [0, 0.05) is 23.8 Å². The zero-order valence-corrected chi connectivity index (χ0v) is 14.2. The SMILES string of the molecule is CCOc1nc(Cl)nc(N2CCSCC2S(=O)(=O)CC)n1. The first-order valence-corrected chi connectivity index (χ1v) is 9.83. The summed E-state index contributed by atoms with van der Waals surface area (Å²) in [5, 5.41) is -0.650. The first-order valence-electron chi connectivity index (χ1n) is 6.58. The number of aromatic nitrogens is 3. The van der Waals surface area contributed by atoms with Gasteiger partial charge in [-0.3, -0.25) is 0 Å². The Balaban J connectivity index is 2.37. The standard InChI is InChI=1S/C11H17ClN4O3S2/c1-3-19-11-14-9(12)13-10(15-11)16-5-6-20-7-8(16)21(17,18)4-2/h8H,3-7H2,1-2H3. The number of halogens is 1. The van der Waals surface area contributed by atoms with E-state index in [1.165, 1.54) is 0 Å². The summed E-state index contributed by atoms with van der Waals surface area (Å²) in [4.78, 5) is 13.8. The van der Waals surface area contributed by atoms with Gasteiger partial charge in [-0.25, -0.2) is 8.42 Å². The van der Waals surface area contributed by atoms with Crippen LogP contribution in [0.5, 0.6) is 6.01 Å². The van der Waals surface area contributed by atoms with E-state index >= 15 is 0 Å². The van der Waals surface area contributed by atoms with Gasteiger partial charge in [-0.15, -0.1) is 0 Å². The number of hydrogen-bond donors (Lipinski definition) is 0. The predicted molar refractivity (Wildman–Crippen MR) is 83.9 cm³/mol. The van der Waals surface area contributed by atoms with Crippen LogP contribution < -0.4 is 9.64 Å². The van der Waals surface area contributed by atoms with E-state index in [4.69, 9.17) is 16.3 Å². The fraction of sp³-hybridized carbons (Fsp3) is 0.727. The lowest BCUT2D eigenvalue weighted by atomic mass is 10.5. The van der Waals surface area contributed by atoms with Crippen LogP contribution in [-0.2, 0) is 9.84 Å². The van der Waals surface area contributed by atoms with Crippen molar-refractivity contribution >= 4 is 39.1 Å². The molecule has 0 saturated carbocycles. The third-order valence-electron chi connectivity index (χ3n) is 3.01. The van der Waals surface area contributed by atoms with E-state index < -0.39 is 15.2 Å². The molecule has 1 aromatic heterocycles. The second-order valence-corrected chi connectivity index (χ2v) is 8.23. The van der Waals surface area contributed by atoms with Gasteiger partial charge in [0.15, 0.2) is 9.84 Å². The molecule has 0 aliphatic carbocycles. The fourth-order valence-corrected chi connectivity index (χ4v) is 5.06.